The van der Waals surface area contributed by atoms with E-state index < -0.39 is 0 Å². The van der Waals surface area contributed by atoms with Crippen LogP contribution in [0.25, 0.3) is 0 Å². The number of benzene rings is 1. The van der Waals surface area contributed by atoms with E-state index in [2.05, 4.69) is 17.0 Å². The summed E-state index contributed by atoms with van der Waals surface area (Å²) in [6.07, 6.45) is 5.54. The Morgan fingerprint density at radius 2 is 1.75 bits per heavy atom. The van der Waals surface area contributed by atoms with Gasteiger partial charge in [0.25, 0.3) is 0 Å². The van der Waals surface area contributed by atoms with Gasteiger partial charge in [-0.1, -0.05) is 12.1 Å². The maximum absolute atomic E-state index is 9.03. The van der Waals surface area contributed by atoms with E-state index in [4.69, 9.17) is 5.11 Å². The number of anilines is 1. The number of aliphatic hydroxyl groups is 1. The molecule has 3 rings (SSSR count). The van der Waals surface area contributed by atoms with Gasteiger partial charge in [0.2, 0.25) is 0 Å². The molecular formula is C14H19NO. The number of hydrogen-bond acceptors (Lipinski definition) is 2. The monoisotopic (exact) mass is 217 g/mol. The molecule has 0 aliphatic heterocycles. The zero-order valence-electron chi connectivity index (χ0n) is 9.60. The van der Waals surface area contributed by atoms with Crippen LogP contribution in [0.4, 0.5) is 5.69 Å². The van der Waals surface area contributed by atoms with Crippen molar-refractivity contribution in [2.75, 3.05) is 11.4 Å². The highest BCUT2D eigenvalue weighted by Gasteiger charge is 2.33. The lowest BCUT2D eigenvalue weighted by Gasteiger charge is -2.24. The summed E-state index contributed by atoms with van der Waals surface area (Å²) >= 11 is 0. The summed E-state index contributed by atoms with van der Waals surface area (Å²) in [7, 11) is 0. The van der Waals surface area contributed by atoms with E-state index in [-0.39, 0.29) is 6.61 Å². The van der Waals surface area contributed by atoms with Gasteiger partial charge in [0.05, 0.1) is 6.61 Å². The SMILES string of the molecule is OCc1ccc(N(CC2CC2)C2CC2)cc1. The largest absolute Gasteiger partial charge is 0.392 e. The summed E-state index contributed by atoms with van der Waals surface area (Å²) in [5.74, 6) is 0.943. The molecular weight excluding hydrogens is 198 g/mol. The van der Waals surface area contributed by atoms with Crippen molar-refractivity contribution in [3.63, 3.8) is 0 Å². The average Bonchev–Trinajstić information content (AvgIpc) is 3.16. The lowest BCUT2D eigenvalue weighted by molar-refractivity contribution is 0.282. The molecule has 0 radical (unpaired) electrons. The summed E-state index contributed by atoms with van der Waals surface area (Å²) in [6.45, 7) is 1.38. The summed E-state index contributed by atoms with van der Waals surface area (Å²) in [6, 6.07) is 9.19. The van der Waals surface area contributed by atoms with Gasteiger partial charge in [0.1, 0.15) is 0 Å². The Hall–Kier alpha value is -1.02. The summed E-state index contributed by atoms with van der Waals surface area (Å²) in [5, 5.41) is 9.03. The van der Waals surface area contributed by atoms with Crippen molar-refractivity contribution in [2.24, 2.45) is 5.92 Å². The predicted octanol–water partition coefficient (Wildman–Crippen LogP) is 2.56. The smallest absolute Gasteiger partial charge is 0.0681 e. The highest BCUT2D eigenvalue weighted by molar-refractivity contribution is 5.50. The molecule has 86 valence electrons. The summed E-state index contributed by atoms with van der Waals surface area (Å²) in [5.41, 5.74) is 2.34. The van der Waals surface area contributed by atoms with Gasteiger partial charge < -0.3 is 10.0 Å². The number of rotatable bonds is 5. The first-order chi connectivity index (χ1) is 7.86. The number of nitrogens with zero attached hydrogens (tertiary/aromatic N) is 1. The Kier molecular flexibility index (Phi) is 2.60. The first-order valence-electron chi connectivity index (χ1n) is 6.33. The fourth-order valence-electron chi connectivity index (χ4n) is 2.22. The summed E-state index contributed by atoms with van der Waals surface area (Å²) < 4.78 is 0. The second kappa shape index (κ2) is 4.10. The van der Waals surface area contributed by atoms with Crippen molar-refractivity contribution in [3.8, 4) is 0 Å². The van der Waals surface area contributed by atoms with E-state index in [0.29, 0.717) is 0 Å². The molecule has 2 nitrogen and oxygen atoms in total. The van der Waals surface area contributed by atoms with Crippen molar-refractivity contribution in [3.05, 3.63) is 29.8 Å². The molecule has 2 aliphatic rings. The number of hydrogen-bond donors (Lipinski definition) is 1. The third-order valence-electron chi connectivity index (χ3n) is 3.59. The Morgan fingerprint density at radius 3 is 2.25 bits per heavy atom. The van der Waals surface area contributed by atoms with Crippen LogP contribution in [-0.2, 0) is 6.61 Å². The second-order valence-electron chi connectivity index (χ2n) is 5.15. The van der Waals surface area contributed by atoms with Crippen LogP contribution < -0.4 is 4.90 Å². The predicted molar refractivity (Wildman–Crippen MR) is 65.5 cm³/mol. The molecule has 0 saturated heterocycles. The van der Waals surface area contributed by atoms with Gasteiger partial charge in [0, 0.05) is 18.3 Å². The van der Waals surface area contributed by atoms with Crippen molar-refractivity contribution in [1.29, 1.82) is 0 Å². The standard InChI is InChI=1S/C14H19NO/c16-10-12-3-5-13(6-4-12)15(14-7-8-14)9-11-1-2-11/h3-6,11,14,16H,1-2,7-10H2. The van der Waals surface area contributed by atoms with Gasteiger partial charge in [-0.25, -0.2) is 0 Å². The van der Waals surface area contributed by atoms with Crippen LogP contribution in [-0.4, -0.2) is 17.7 Å². The fraction of sp³-hybridized carbons (Fsp3) is 0.571. The average molecular weight is 217 g/mol. The van der Waals surface area contributed by atoms with E-state index in [0.717, 1.165) is 17.5 Å². The van der Waals surface area contributed by atoms with Crippen molar-refractivity contribution < 1.29 is 5.11 Å². The highest BCUT2D eigenvalue weighted by atomic mass is 16.3. The molecule has 0 spiro atoms. The third-order valence-corrected chi connectivity index (χ3v) is 3.59. The minimum Gasteiger partial charge on any atom is -0.392 e. The first-order valence-corrected chi connectivity index (χ1v) is 6.33. The third kappa shape index (κ3) is 2.22. The fourth-order valence-corrected chi connectivity index (χ4v) is 2.22. The first kappa shape index (κ1) is 10.2. The van der Waals surface area contributed by atoms with Gasteiger partial charge in [-0.3, -0.25) is 0 Å². The Morgan fingerprint density at radius 1 is 1.06 bits per heavy atom. The molecule has 0 heterocycles. The minimum absolute atomic E-state index is 0.145. The maximum atomic E-state index is 9.03. The molecule has 16 heavy (non-hydrogen) atoms. The molecule has 0 unspecified atom stereocenters. The zero-order chi connectivity index (χ0) is 11.0. The van der Waals surface area contributed by atoms with Crippen LogP contribution >= 0.6 is 0 Å². The van der Waals surface area contributed by atoms with Gasteiger partial charge in [-0.15, -0.1) is 0 Å². The van der Waals surface area contributed by atoms with Crippen LogP contribution in [0.5, 0.6) is 0 Å². The Balaban J connectivity index is 1.74. The molecule has 0 amide bonds. The molecule has 0 aromatic heterocycles. The Bertz CT molecular complexity index is 352. The molecule has 2 aliphatic carbocycles. The van der Waals surface area contributed by atoms with Crippen LogP contribution in [0.3, 0.4) is 0 Å². The van der Waals surface area contributed by atoms with Crippen LogP contribution in [0.15, 0.2) is 24.3 Å². The van der Waals surface area contributed by atoms with Gasteiger partial charge in [-0.05, 0) is 49.3 Å². The van der Waals surface area contributed by atoms with Crippen molar-refractivity contribution >= 4 is 5.69 Å². The highest BCUT2D eigenvalue weighted by Crippen LogP contribution is 2.37. The Labute approximate surface area is 96.9 Å². The maximum Gasteiger partial charge on any atom is 0.0681 e. The lowest BCUT2D eigenvalue weighted by atomic mass is 10.2. The van der Waals surface area contributed by atoms with E-state index >= 15 is 0 Å². The molecule has 0 bridgehead atoms. The van der Waals surface area contributed by atoms with E-state index in [9.17, 15) is 0 Å². The molecule has 2 fully saturated rings. The second-order valence-corrected chi connectivity index (χ2v) is 5.15. The van der Waals surface area contributed by atoms with Gasteiger partial charge in [0.15, 0.2) is 0 Å². The normalized spacial score (nSPS) is 19.8. The molecule has 1 aromatic carbocycles. The topological polar surface area (TPSA) is 23.5 Å². The van der Waals surface area contributed by atoms with E-state index in [1.54, 1.807) is 0 Å². The molecule has 2 saturated carbocycles. The summed E-state index contributed by atoms with van der Waals surface area (Å²) in [4.78, 5) is 2.57. The van der Waals surface area contributed by atoms with Crippen LogP contribution in [0.2, 0.25) is 0 Å². The number of aliphatic hydroxyl groups excluding tert-OH is 1. The van der Waals surface area contributed by atoms with Gasteiger partial charge >= 0.3 is 0 Å². The minimum atomic E-state index is 0.145. The molecule has 1 aromatic rings. The van der Waals surface area contributed by atoms with Crippen molar-refractivity contribution in [2.45, 2.75) is 38.3 Å². The zero-order valence-corrected chi connectivity index (χ0v) is 9.60. The lowest BCUT2D eigenvalue weighted by Crippen LogP contribution is -2.27. The van der Waals surface area contributed by atoms with E-state index in [1.165, 1.54) is 37.9 Å². The molecule has 1 N–H and O–H groups in total. The molecule has 0 atom stereocenters. The quantitative estimate of drug-likeness (QED) is 0.819. The van der Waals surface area contributed by atoms with Crippen LogP contribution in [0, 0.1) is 5.92 Å². The van der Waals surface area contributed by atoms with Gasteiger partial charge in [-0.2, -0.15) is 0 Å². The van der Waals surface area contributed by atoms with Crippen molar-refractivity contribution in [1.82, 2.24) is 0 Å². The van der Waals surface area contributed by atoms with E-state index in [1.807, 2.05) is 12.1 Å². The van der Waals surface area contributed by atoms with Crippen LogP contribution in [0.1, 0.15) is 31.2 Å². The molecule has 2 heteroatoms.